The predicted molar refractivity (Wildman–Crippen MR) is 115 cm³/mol. The third kappa shape index (κ3) is 4.10. The molecular weight excluding hydrogens is 386 g/mol. The summed E-state index contributed by atoms with van der Waals surface area (Å²) >= 11 is 1.57. The molecule has 1 aliphatic heterocycles. The minimum Gasteiger partial charge on any atom is -0.493 e. The average Bonchev–Trinajstić information content (AvgIpc) is 2.98. The van der Waals surface area contributed by atoms with Gasteiger partial charge in [0.15, 0.2) is 17.3 Å². The second-order valence-corrected chi connectivity index (χ2v) is 8.13. The standard InChI is InChI=1S/C22H23N3O3S/c1-13-4-6-15(7-5-13)11-28-17-9-8-16(10-18(17)27-3)21-20-14(2)24-25-22(20)23-19(26)12-29-21/h4-10,21H,11-12H2,1-3H3,(H2,23,24,25,26). The van der Waals surface area contributed by atoms with Crippen LogP contribution in [0.1, 0.15) is 33.2 Å². The molecule has 3 aromatic rings. The van der Waals surface area contributed by atoms with E-state index >= 15 is 0 Å². The van der Waals surface area contributed by atoms with Crippen LogP contribution in [0.4, 0.5) is 5.82 Å². The van der Waals surface area contributed by atoms with Crippen LogP contribution in [0, 0.1) is 13.8 Å². The van der Waals surface area contributed by atoms with Crippen molar-refractivity contribution in [3.8, 4) is 11.5 Å². The summed E-state index contributed by atoms with van der Waals surface area (Å²) in [7, 11) is 1.64. The van der Waals surface area contributed by atoms with E-state index in [1.165, 1.54) is 5.56 Å². The number of aromatic amines is 1. The number of benzene rings is 2. The summed E-state index contributed by atoms with van der Waals surface area (Å²) in [5.74, 6) is 2.28. The van der Waals surface area contributed by atoms with Gasteiger partial charge in [0, 0.05) is 11.3 Å². The van der Waals surface area contributed by atoms with Crippen LogP contribution in [0.2, 0.25) is 0 Å². The highest BCUT2D eigenvalue weighted by molar-refractivity contribution is 8.00. The van der Waals surface area contributed by atoms with Crippen LogP contribution in [0.15, 0.2) is 42.5 Å². The van der Waals surface area contributed by atoms with Crippen LogP contribution in [0.3, 0.4) is 0 Å². The molecule has 0 aliphatic carbocycles. The first kappa shape index (κ1) is 19.4. The Bertz CT molecular complexity index is 1030. The molecule has 1 amide bonds. The normalized spacial score (nSPS) is 16.0. The van der Waals surface area contributed by atoms with Gasteiger partial charge in [0.1, 0.15) is 6.61 Å². The molecule has 1 unspecified atom stereocenters. The highest BCUT2D eigenvalue weighted by Crippen LogP contribution is 2.44. The number of aromatic nitrogens is 2. The first-order valence-electron chi connectivity index (χ1n) is 9.37. The van der Waals surface area contributed by atoms with E-state index in [0.29, 0.717) is 29.7 Å². The summed E-state index contributed by atoms with van der Waals surface area (Å²) in [6.45, 7) is 4.50. The monoisotopic (exact) mass is 409 g/mol. The Labute approximate surface area is 174 Å². The number of ether oxygens (including phenoxy) is 2. The Hall–Kier alpha value is -2.93. The van der Waals surface area contributed by atoms with Crippen LogP contribution >= 0.6 is 11.8 Å². The zero-order chi connectivity index (χ0) is 20.4. The summed E-state index contributed by atoms with van der Waals surface area (Å²) in [5, 5.41) is 10.1. The smallest absolute Gasteiger partial charge is 0.235 e. The molecule has 0 saturated heterocycles. The maximum Gasteiger partial charge on any atom is 0.235 e. The van der Waals surface area contributed by atoms with Gasteiger partial charge in [-0.2, -0.15) is 5.10 Å². The van der Waals surface area contributed by atoms with Gasteiger partial charge in [0.25, 0.3) is 0 Å². The number of anilines is 1. The number of hydrogen-bond acceptors (Lipinski definition) is 5. The summed E-state index contributed by atoms with van der Waals surface area (Å²) in [5.41, 5.74) is 5.30. The number of H-pyrrole nitrogens is 1. The Balaban J connectivity index is 1.60. The summed E-state index contributed by atoms with van der Waals surface area (Å²) in [6.07, 6.45) is 0. The number of carbonyl (C=O) groups is 1. The molecular formula is C22H23N3O3S. The largest absolute Gasteiger partial charge is 0.493 e. The van der Waals surface area contributed by atoms with Crippen LogP contribution < -0.4 is 14.8 Å². The van der Waals surface area contributed by atoms with E-state index < -0.39 is 0 Å². The van der Waals surface area contributed by atoms with E-state index in [0.717, 1.165) is 22.4 Å². The molecule has 0 fully saturated rings. The molecule has 2 aromatic carbocycles. The fraction of sp³-hybridized carbons (Fsp3) is 0.273. The van der Waals surface area contributed by atoms with Crippen molar-refractivity contribution in [1.29, 1.82) is 0 Å². The number of rotatable bonds is 5. The molecule has 0 saturated carbocycles. The summed E-state index contributed by atoms with van der Waals surface area (Å²) in [6, 6.07) is 14.2. The van der Waals surface area contributed by atoms with Gasteiger partial charge in [-0.3, -0.25) is 9.89 Å². The van der Waals surface area contributed by atoms with E-state index in [1.807, 2.05) is 25.1 Å². The van der Waals surface area contributed by atoms with Gasteiger partial charge in [-0.05, 0) is 37.1 Å². The van der Waals surface area contributed by atoms with Gasteiger partial charge in [-0.15, -0.1) is 11.8 Å². The van der Waals surface area contributed by atoms with E-state index in [-0.39, 0.29) is 11.2 Å². The molecule has 1 aliphatic rings. The lowest BCUT2D eigenvalue weighted by molar-refractivity contribution is -0.113. The van der Waals surface area contributed by atoms with Gasteiger partial charge < -0.3 is 14.8 Å². The van der Waals surface area contributed by atoms with Crippen molar-refractivity contribution in [3.05, 3.63) is 70.4 Å². The van der Waals surface area contributed by atoms with Gasteiger partial charge >= 0.3 is 0 Å². The molecule has 150 valence electrons. The first-order chi connectivity index (χ1) is 14.0. The minimum absolute atomic E-state index is 0.0252. The highest BCUT2D eigenvalue weighted by atomic mass is 32.2. The second-order valence-electron chi connectivity index (χ2n) is 7.03. The number of hydrogen-bond donors (Lipinski definition) is 2. The SMILES string of the molecule is COc1cc(C2SCC(=O)Nc3n[nH]c(C)c32)ccc1OCc1ccc(C)cc1. The second kappa shape index (κ2) is 8.21. The Morgan fingerprint density at radius 2 is 1.93 bits per heavy atom. The third-order valence-electron chi connectivity index (χ3n) is 4.90. The van der Waals surface area contributed by atoms with Gasteiger partial charge in [0.2, 0.25) is 5.91 Å². The van der Waals surface area contributed by atoms with E-state index in [1.54, 1.807) is 18.9 Å². The van der Waals surface area contributed by atoms with Crippen LogP contribution in [-0.2, 0) is 11.4 Å². The molecule has 1 aromatic heterocycles. The third-order valence-corrected chi connectivity index (χ3v) is 6.17. The maximum atomic E-state index is 12.0. The number of fused-ring (bicyclic) bond motifs is 1. The first-order valence-corrected chi connectivity index (χ1v) is 10.4. The van der Waals surface area contributed by atoms with Gasteiger partial charge in [0.05, 0.1) is 18.1 Å². The summed E-state index contributed by atoms with van der Waals surface area (Å²) in [4.78, 5) is 12.0. The fourth-order valence-electron chi connectivity index (χ4n) is 3.34. The molecule has 29 heavy (non-hydrogen) atoms. The molecule has 2 heterocycles. The van der Waals surface area contributed by atoms with E-state index in [2.05, 4.69) is 46.7 Å². The van der Waals surface area contributed by atoms with Crippen LogP contribution in [-0.4, -0.2) is 29.0 Å². The topological polar surface area (TPSA) is 76.2 Å². The molecule has 0 bridgehead atoms. The van der Waals surface area contributed by atoms with Crippen molar-refractivity contribution in [2.24, 2.45) is 0 Å². The van der Waals surface area contributed by atoms with E-state index in [9.17, 15) is 4.79 Å². The summed E-state index contributed by atoms with van der Waals surface area (Å²) < 4.78 is 11.6. The molecule has 7 heteroatoms. The van der Waals surface area contributed by atoms with Crippen molar-refractivity contribution < 1.29 is 14.3 Å². The lowest BCUT2D eigenvalue weighted by Crippen LogP contribution is -2.12. The van der Waals surface area contributed by atoms with Crippen molar-refractivity contribution in [2.45, 2.75) is 25.7 Å². The molecule has 0 spiro atoms. The number of carbonyl (C=O) groups excluding carboxylic acids is 1. The van der Waals surface area contributed by atoms with Crippen molar-refractivity contribution in [1.82, 2.24) is 10.2 Å². The zero-order valence-corrected chi connectivity index (χ0v) is 17.4. The van der Waals surface area contributed by atoms with Crippen molar-refractivity contribution >= 4 is 23.5 Å². The number of aryl methyl sites for hydroxylation is 2. The van der Waals surface area contributed by atoms with E-state index in [4.69, 9.17) is 9.47 Å². The molecule has 6 nitrogen and oxygen atoms in total. The molecule has 2 N–H and O–H groups in total. The Morgan fingerprint density at radius 1 is 1.14 bits per heavy atom. The van der Waals surface area contributed by atoms with Crippen LogP contribution in [0.25, 0.3) is 0 Å². The van der Waals surface area contributed by atoms with Crippen molar-refractivity contribution in [3.63, 3.8) is 0 Å². The lowest BCUT2D eigenvalue weighted by atomic mass is 10.0. The minimum atomic E-state index is -0.0460. The fourth-order valence-corrected chi connectivity index (χ4v) is 4.52. The molecule has 0 radical (unpaired) electrons. The Kier molecular flexibility index (Phi) is 5.49. The van der Waals surface area contributed by atoms with Gasteiger partial charge in [-0.1, -0.05) is 35.9 Å². The number of methoxy groups -OCH3 is 1. The average molecular weight is 410 g/mol. The van der Waals surface area contributed by atoms with Crippen LogP contribution in [0.5, 0.6) is 11.5 Å². The quantitative estimate of drug-likeness (QED) is 0.654. The maximum absolute atomic E-state index is 12.0. The number of amides is 1. The molecule has 4 rings (SSSR count). The lowest BCUT2D eigenvalue weighted by Gasteiger charge is -2.18. The number of thioether (sulfide) groups is 1. The Morgan fingerprint density at radius 3 is 2.69 bits per heavy atom. The molecule has 1 atom stereocenters. The highest BCUT2D eigenvalue weighted by Gasteiger charge is 2.28. The number of nitrogens with one attached hydrogen (secondary N) is 2. The predicted octanol–water partition coefficient (Wildman–Crippen LogP) is 4.39. The van der Waals surface area contributed by atoms with Crippen molar-refractivity contribution in [2.75, 3.05) is 18.2 Å². The number of nitrogens with zero attached hydrogens (tertiary/aromatic N) is 1. The zero-order valence-electron chi connectivity index (χ0n) is 16.6. The van der Waals surface area contributed by atoms with Gasteiger partial charge in [-0.25, -0.2) is 0 Å².